The third-order valence-corrected chi connectivity index (χ3v) is 3.99. The summed E-state index contributed by atoms with van der Waals surface area (Å²) in [6.07, 6.45) is 0. The van der Waals surface area contributed by atoms with Gasteiger partial charge in [-0.25, -0.2) is 0 Å². The number of amides is 1. The summed E-state index contributed by atoms with van der Waals surface area (Å²) in [5, 5.41) is 2.91. The van der Waals surface area contributed by atoms with Crippen molar-refractivity contribution in [3.8, 4) is 0 Å². The van der Waals surface area contributed by atoms with Gasteiger partial charge in [0, 0.05) is 14.5 Å². The molecule has 2 aromatic rings. The van der Waals surface area contributed by atoms with E-state index in [4.69, 9.17) is 0 Å². The lowest BCUT2D eigenvalue weighted by Crippen LogP contribution is -2.12. The Bertz CT molecular complexity index is 598. The second-order valence-corrected chi connectivity index (χ2v) is 6.13. The van der Waals surface area contributed by atoms with Crippen LogP contribution < -0.4 is 5.32 Å². The third kappa shape index (κ3) is 3.45. The molecule has 0 aliphatic heterocycles. The largest absolute Gasteiger partial charge is 0.320 e. The first kappa shape index (κ1) is 14.3. The van der Waals surface area contributed by atoms with E-state index in [-0.39, 0.29) is 5.91 Å². The molecule has 98 valence electrons. The molecule has 2 rings (SSSR count). The van der Waals surface area contributed by atoms with Crippen LogP contribution in [0.2, 0.25) is 0 Å². The van der Waals surface area contributed by atoms with Crippen LogP contribution in [0.5, 0.6) is 0 Å². The zero-order valence-electron chi connectivity index (χ0n) is 10.6. The van der Waals surface area contributed by atoms with Gasteiger partial charge in [-0.1, -0.05) is 17.7 Å². The molecule has 19 heavy (non-hydrogen) atoms. The minimum Gasteiger partial charge on any atom is -0.320 e. The van der Waals surface area contributed by atoms with Crippen LogP contribution in [-0.2, 0) is 0 Å². The number of hydrogen-bond acceptors (Lipinski definition) is 1. The summed E-state index contributed by atoms with van der Waals surface area (Å²) in [7, 11) is 0. The van der Waals surface area contributed by atoms with Crippen molar-refractivity contribution in [3.05, 3.63) is 62.0 Å². The van der Waals surface area contributed by atoms with Crippen LogP contribution in [0.25, 0.3) is 0 Å². The molecule has 0 heterocycles. The van der Waals surface area contributed by atoms with Gasteiger partial charge in [0.1, 0.15) is 0 Å². The number of hydrogen-bond donors (Lipinski definition) is 1. The maximum atomic E-state index is 12.2. The number of carbonyl (C=O) groups is 1. The highest BCUT2D eigenvalue weighted by molar-refractivity contribution is 9.11. The van der Waals surface area contributed by atoms with E-state index in [0.29, 0.717) is 5.56 Å². The van der Waals surface area contributed by atoms with Gasteiger partial charge >= 0.3 is 0 Å². The van der Waals surface area contributed by atoms with Gasteiger partial charge < -0.3 is 5.32 Å². The monoisotopic (exact) mass is 381 g/mol. The van der Waals surface area contributed by atoms with Crippen LogP contribution in [-0.4, -0.2) is 5.91 Å². The van der Waals surface area contributed by atoms with Gasteiger partial charge in [0.05, 0.1) is 5.69 Å². The zero-order chi connectivity index (χ0) is 14.0. The quantitative estimate of drug-likeness (QED) is 0.770. The van der Waals surface area contributed by atoms with Crippen molar-refractivity contribution in [1.82, 2.24) is 0 Å². The van der Waals surface area contributed by atoms with Gasteiger partial charge in [-0.2, -0.15) is 0 Å². The molecule has 0 fully saturated rings. The number of benzene rings is 2. The van der Waals surface area contributed by atoms with E-state index in [1.54, 1.807) is 0 Å². The molecule has 0 aliphatic rings. The molecule has 0 saturated carbocycles. The third-order valence-electron chi connectivity index (χ3n) is 2.74. The van der Waals surface area contributed by atoms with Crippen LogP contribution in [0.4, 0.5) is 5.69 Å². The molecule has 4 heteroatoms. The highest BCUT2D eigenvalue weighted by Crippen LogP contribution is 2.32. The second kappa shape index (κ2) is 5.88. The average molecular weight is 383 g/mol. The smallest absolute Gasteiger partial charge is 0.255 e. The Labute approximate surface area is 129 Å². The molecular weight excluding hydrogens is 370 g/mol. The Balaban J connectivity index is 2.26. The van der Waals surface area contributed by atoms with Gasteiger partial charge in [-0.3, -0.25) is 4.79 Å². The number of aryl methyl sites for hydroxylation is 2. The molecule has 0 radical (unpaired) electrons. The molecule has 0 unspecified atom stereocenters. The summed E-state index contributed by atoms with van der Waals surface area (Å²) in [5.41, 5.74) is 3.64. The maximum absolute atomic E-state index is 12.2. The van der Waals surface area contributed by atoms with Gasteiger partial charge in [-0.05, 0) is 75.5 Å². The SMILES string of the molecule is Cc1ccc(C(=O)Nc2c(Br)cc(C)cc2Br)cc1. The number of anilines is 1. The summed E-state index contributed by atoms with van der Waals surface area (Å²) >= 11 is 6.93. The topological polar surface area (TPSA) is 29.1 Å². The number of halogens is 2. The van der Waals surface area contributed by atoms with Crippen LogP contribution in [0.1, 0.15) is 21.5 Å². The minimum absolute atomic E-state index is 0.120. The van der Waals surface area contributed by atoms with E-state index in [0.717, 1.165) is 25.8 Å². The highest BCUT2D eigenvalue weighted by Gasteiger charge is 2.11. The molecule has 1 N–H and O–H groups in total. The summed E-state index contributed by atoms with van der Waals surface area (Å²) < 4.78 is 1.72. The van der Waals surface area contributed by atoms with Crippen LogP contribution in [0, 0.1) is 13.8 Å². The number of carbonyl (C=O) groups excluding carboxylic acids is 1. The van der Waals surface area contributed by atoms with Crippen molar-refractivity contribution in [3.63, 3.8) is 0 Å². The van der Waals surface area contributed by atoms with Crippen molar-refractivity contribution in [2.45, 2.75) is 13.8 Å². The van der Waals surface area contributed by atoms with Crippen molar-refractivity contribution < 1.29 is 4.79 Å². The number of nitrogens with one attached hydrogen (secondary N) is 1. The Morgan fingerprint density at radius 3 is 2.00 bits per heavy atom. The normalized spacial score (nSPS) is 10.3. The fourth-order valence-corrected chi connectivity index (χ4v) is 3.32. The Hall–Kier alpha value is -1.13. The lowest BCUT2D eigenvalue weighted by atomic mass is 10.1. The minimum atomic E-state index is -0.120. The molecule has 2 aromatic carbocycles. The fourth-order valence-electron chi connectivity index (χ4n) is 1.71. The molecular formula is C15H13Br2NO. The predicted octanol–water partition coefficient (Wildman–Crippen LogP) is 5.08. The first-order valence-electron chi connectivity index (χ1n) is 5.81. The van der Waals surface area contributed by atoms with E-state index in [1.807, 2.05) is 50.2 Å². The van der Waals surface area contributed by atoms with Gasteiger partial charge in [0.15, 0.2) is 0 Å². The Kier molecular flexibility index (Phi) is 4.42. The summed E-state index contributed by atoms with van der Waals surface area (Å²) in [6.45, 7) is 4.00. The summed E-state index contributed by atoms with van der Waals surface area (Å²) in [6, 6.07) is 11.4. The lowest BCUT2D eigenvalue weighted by molar-refractivity contribution is 0.102. The van der Waals surface area contributed by atoms with Gasteiger partial charge in [-0.15, -0.1) is 0 Å². The Morgan fingerprint density at radius 2 is 1.47 bits per heavy atom. The molecule has 0 atom stereocenters. The molecule has 0 bridgehead atoms. The molecule has 0 saturated heterocycles. The highest BCUT2D eigenvalue weighted by atomic mass is 79.9. The van der Waals surface area contributed by atoms with Gasteiger partial charge in [0.25, 0.3) is 5.91 Å². The summed E-state index contributed by atoms with van der Waals surface area (Å²) in [5.74, 6) is -0.120. The average Bonchev–Trinajstić information content (AvgIpc) is 2.34. The van der Waals surface area contributed by atoms with Crippen LogP contribution in [0.3, 0.4) is 0 Å². The molecule has 1 amide bonds. The van der Waals surface area contributed by atoms with Crippen molar-refractivity contribution >= 4 is 43.5 Å². The first-order chi connectivity index (χ1) is 8.97. The van der Waals surface area contributed by atoms with Crippen LogP contribution >= 0.6 is 31.9 Å². The molecule has 2 nitrogen and oxygen atoms in total. The number of rotatable bonds is 2. The maximum Gasteiger partial charge on any atom is 0.255 e. The van der Waals surface area contributed by atoms with Crippen LogP contribution in [0.15, 0.2) is 45.3 Å². The Morgan fingerprint density at radius 1 is 0.947 bits per heavy atom. The van der Waals surface area contributed by atoms with E-state index in [9.17, 15) is 4.79 Å². The van der Waals surface area contributed by atoms with E-state index < -0.39 is 0 Å². The van der Waals surface area contributed by atoms with E-state index in [1.165, 1.54) is 0 Å². The van der Waals surface area contributed by atoms with Crippen molar-refractivity contribution in [2.75, 3.05) is 5.32 Å². The lowest BCUT2D eigenvalue weighted by Gasteiger charge is -2.11. The first-order valence-corrected chi connectivity index (χ1v) is 7.39. The predicted molar refractivity (Wildman–Crippen MR) is 85.7 cm³/mol. The zero-order valence-corrected chi connectivity index (χ0v) is 13.8. The molecule has 0 spiro atoms. The molecule has 0 aliphatic carbocycles. The molecule has 0 aromatic heterocycles. The van der Waals surface area contributed by atoms with Gasteiger partial charge in [0.2, 0.25) is 0 Å². The standard InChI is InChI=1S/C15H13Br2NO/c1-9-3-5-11(6-4-9)15(19)18-14-12(16)7-10(2)8-13(14)17/h3-8H,1-2H3,(H,18,19). The van der Waals surface area contributed by atoms with Crippen molar-refractivity contribution in [2.24, 2.45) is 0 Å². The summed E-state index contributed by atoms with van der Waals surface area (Å²) in [4.78, 5) is 12.2. The second-order valence-electron chi connectivity index (χ2n) is 4.42. The van der Waals surface area contributed by atoms with Crippen molar-refractivity contribution in [1.29, 1.82) is 0 Å². The van der Waals surface area contributed by atoms with E-state index in [2.05, 4.69) is 37.2 Å². The fraction of sp³-hybridized carbons (Fsp3) is 0.133. The van der Waals surface area contributed by atoms with E-state index >= 15 is 0 Å².